The summed E-state index contributed by atoms with van der Waals surface area (Å²) < 4.78 is 10.4. The molecule has 1 saturated heterocycles. The van der Waals surface area contributed by atoms with Gasteiger partial charge in [0.2, 0.25) is 0 Å². The van der Waals surface area contributed by atoms with Gasteiger partial charge in [0.25, 0.3) is 5.91 Å². The third-order valence-electron chi connectivity index (χ3n) is 3.74. The fourth-order valence-electron chi connectivity index (χ4n) is 2.34. The highest BCUT2D eigenvalue weighted by Crippen LogP contribution is 2.30. The molecule has 0 aromatic heterocycles. The molecule has 144 valence electrons. The highest BCUT2D eigenvalue weighted by Gasteiger charge is 2.24. The zero-order valence-electron chi connectivity index (χ0n) is 15.0. The Kier molecular flexibility index (Phi) is 5.85. The van der Waals surface area contributed by atoms with Gasteiger partial charge in [-0.1, -0.05) is 0 Å². The van der Waals surface area contributed by atoms with Gasteiger partial charge in [0.1, 0.15) is 23.0 Å². The van der Waals surface area contributed by atoms with Crippen molar-refractivity contribution in [1.29, 1.82) is 0 Å². The first kappa shape index (κ1) is 19.3. The Balaban J connectivity index is 1.75. The van der Waals surface area contributed by atoms with Crippen LogP contribution in [0, 0.1) is 0 Å². The Labute approximate surface area is 165 Å². The molecule has 8 nitrogen and oxygen atoms in total. The van der Waals surface area contributed by atoms with Crippen molar-refractivity contribution in [2.45, 2.75) is 0 Å². The minimum atomic E-state index is -0.353. The lowest BCUT2D eigenvalue weighted by atomic mass is 10.2. The van der Waals surface area contributed by atoms with Gasteiger partial charge in [-0.2, -0.15) is 5.10 Å². The second-order valence-electron chi connectivity index (χ2n) is 5.57. The molecule has 28 heavy (non-hydrogen) atoms. The first-order valence-corrected chi connectivity index (χ1v) is 8.87. The van der Waals surface area contributed by atoms with Crippen LogP contribution in [0.15, 0.2) is 51.5 Å². The first-order chi connectivity index (χ1) is 13.5. The zero-order chi connectivity index (χ0) is 20.1. The van der Waals surface area contributed by atoms with Crippen LogP contribution in [0.2, 0.25) is 0 Å². The summed E-state index contributed by atoms with van der Waals surface area (Å²) in [6.07, 6.45) is 3.01. The zero-order valence-corrected chi connectivity index (χ0v) is 15.9. The van der Waals surface area contributed by atoms with Gasteiger partial charge in [0, 0.05) is 23.3 Å². The average molecular weight is 399 g/mol. The van der Waals surface area contributed by atoms with Crippen molar-refractivity contribution in [3.8, 4) is 23.0 Å². The average Bonchev–Trinajstić information content (AvgIpc) is 3.03. The number of benzene rings is 2. The maximum Gasteiger partial charge on any atom is 0.264 e. The summed E-state index contributed by atoms with van der Waals surface area (Å²) in [6.45, 7) is 0. The van der Waals surface area contributed by atoms with Crippen molar-refractivity contribution >= 4 is 35.1 Å². The SMILES string of the molecule is COc1ccc(C=N/N=C2/NC(=O)C(=Cc3ccc(O)cc3O)S2)c(OC)c1. The number of hydrogen-bond acceptors (Lipinski definition) is 8. The van der Waals surface area contributed by atoms with Gasteiger partial charge in [-0.05, 0) is 42.1 Å². The van der Waals surface area contributed by atoms with E-state index in [9.17, 15) is 15.0 Å². The third-order valence-corrected chi connectivity index (χ3v) is 4.64. The predicted molar refractivity (Wildman–Crippen MR) is 108 cm³/mol. The van der Waals surface area contributed by atoms with Crippen LogP contribution in [0.4, 0.5) is 0 Å². The van der Waals surface area contributed by atoms with E-state index in [0.717, 1.165) is 11.8 Å². The molecule has 3 rings (SSSR count). The molecule has 1 heterocycles. The van der Waals surface area contributed by atoms with Gasteiger partial charge in [-0.15, -0.1) is 5.10 Å². The molecule has 2 aromatic rings. The summed E-state index contributed by atoms with van der Waals surface area (Å²) in [7, 11) is 3.11. The van der Waals surface area contributed by atoms with E-state index in [4.69, 9.17) is 9.47 Å². The molecule has 0 unspecified atom stereocenters. The van der Waals surface area contributed by atoms with Crippen molar-refractivity contribution < 1.29 is 24.5 Å². The van der Waals surface area contributed by atoms with E-state index in [2.05, 4.69) is 15.5 Å². The molecule has 0 atom stereocenters. The number of ether oxygens (including phenoxy) is 2. The van der Waals surface area contributed by atoms with Gasteiger partial charge < -0.3 is 19.7 Å². The highest BCUT2D eigenvalue weighted by molar-refractivity contribution is 8.18. The Morgan fingerprint density at radius 3 is 2.57 bits per heavy atom. The summed E-state index contributed by atoms with van der Waals surface area (Å²) in [6, 6.07) is 9.41. The summed E-state index contributed by atoms with van der Waals surface area (Å²) >= 11 is 1.09. The predicted octanol–water partition coefficient (Wildman–Crippen LogP) is 2.71. The number of amides is 1. The normalized spacial score (nSPS) is 16.7. The minimum Gasteiger partial charge on any atom is -0.508 e. The summed E-state index contributed by atoms with van der Waals surface area (Å²) in [5, 5.41) is 30.1. The second kappa shape index (κ2) is 8.49. The number of hydrogen-bond donors (Lipinski definition) is 3. The fourth-order valence-corrected chi connectivity index (χ4v) is 3.11. The summed E-state index contributed by atoms with van der Waals surface area (Å²) in [5.41, 5.74) is 1.11. The quantitative estimate of drug-likeness (QED) is 0.405. The molecule has 9 heteroatoms. The van der Waals surface area contributed by atoms with Crippen molar-refractivity contribution in [1.82, 2.24) is 5.32 Å². The Bertz CT molecular complexity index is 1000. The topological polar surface area (TPSA) is 113 Å². The molecule has 2 aromatic carbocycles. The van der Waals surface area contributed by atoms with Crippen LogP contribution in [-0.2, 0) is 4.79 Å². The van der Waals surface area contributed by atoms with E-state index < -0.39 is 0 Å². The number of carbonyl (C=O) groups is 1. The van der Waals surface area contributed by atoms with Crippen LogP contribution >= 0.6 is 11.8 Å². The van der Waals surface area contributed by atoms with E-state index in [1.807, 2.05) is 0 Å². The van der Waals surface area contributed by atoms with Crippen LogP contribution in [0.5, 0.6) is 23.0 Å². The van der Waals surface area contributed by atoms with Crippen molar-refractivity contribution in [2.75, 3.05) is 14.2 Å². The van der Waals surface area contributed by atoms with Gasteiger partial charge in [0.05, 0.1) is 25.3 Å². The summed E-state index contributed by atoms with van der Waals surface area (Å²) in [4.78, 5) is 12.4. The Hall–Kier alpha value is -3.46. The Morgan fingerprint density at radius 1 is 1.07 bits per heavy atom. The van der Waals surface area contributed by atoms with Crippen LogP contribution in [0.1, 0.15) is 11.1 Å². The molecule has 0 spiro atoms. The van der Waals surface area contributed by atoms with Gasteiger partial charge in [0.15, 0.2) is 5.17 Å². The van der Waals surface area contributed by atoms with Crippen LogP contribution in [0.25, 0.3) is 6.08 Å². The maximum absolute atomic E-state index is 12.1. The Morgan fingerprint density at radius 2 is 1.86 bits per heavy atom. The van der Waals surface area contributed by atoms with Gasteiger partial charge in [-0.25, -0.2) is 0 Å². The number of rotatable bonds is 5. The van der Waals surface area contributed by atoms with E-state index in [1.165, 1.54) is 30.5 Å². The monoisotopic (exact) mass is 399 g/mol. The number of nitrogens with zero attached hydrogens (tertiary/aromatic N) is 2. The molecule has 0 bridgehead atoms. The molecule has 0 radical (unpaired) electrons. The number of phenolic OH excluding ortho intramolecular Hbond substituents is 2. The molecule has 1 aliphatic rings. The minimum absolute atomic E-state index is 0.0614. The number of amidine groups is 1. The van der Waals surface area contributed by atoms with Crippen LogP contribution < -0.4 is 14.8 Å². The van der Waals surface area contributed by atoms with Crippen molar-refractivity contribution in [3.05, 3.63) is 52.4 Å². The smallest absolute Gasteiger partial charge is 0.264 e. The maximum atomic E-state index is 12.1. The first-order valence-electron chi connectivity index (χ1n) is 8.06. The van der Waals surface area contributed by atoms with Gasteiger partial charge in [-0.3, -0.25) is 10.1 Å². The number of thioether (sulfide) groups is 1. The van der Waals surface area contributed by atoms with Crippen molar-refractivity contribution in [3.63, 3.8) is 0 Å². The fraction of sp³-hybridized carbons (Fsp3) is 0.105. The molecule has 1 fully saturated rings. The lowest BCUT2D eigenvalue weighted by Crippen LogP contribution is -2.19. The van der Waals surface area contributed by atoms with E-state index >= 15 is 0 Å². The van der Waals surface area contributed by atoms with E-state index in [1.54, 1.807) is 32.4 Å². The number of carbonyl (C=O) groups excluding carboxylic acids is 1. The lowest BCUT2D eigenvalue weighted by molar-refractivity contribution is -0.115. The lowest BCUT2D eigenvalue weighted by Gasteiger charge is -2.06. The molecule has 0 aliphatic carbocycles. The molecule has 3 N–H and O–H groups in total. The largest absolute Gasteiger partial charge is 0.508 e. The molecule has 1 aliphatic heterocycles. The number of aromatic hydroxyl groups is 2. The standard InChI is InChI=1S/C19H17N3O5S/c1-26-14-6-4-12(16(9-14)27-2)10-20-22-19-21-18(25)17(28-19)7-11-3-5-13(23)8-15(11)24/h3-10,23-24H,1-2H3,(H,21,22,25). The summed E-state index contributed by atoms with van der Waals surface area (Å²) in [5.74, 6) is 0.694. The van der Waals surface area contributed by atoms with Crippen LogP contribution in [0.3, 0.4) is 0 Å². The molecular weight excluding hydrogens is 382 g/mol. The number of phenols is 2. The van der Waals surface area contributed by atoms with Crippen LogP contribution in [-0.4, -0.2) is 41.7 Å². The molecule has 0 saturated carbocycles. The highest BCUT2D eigenvalue weighted by atomic mass is 32.2. The second-order valence-corrected chi connectivity index (χ2v) is 6.60. The van der Waals surface area contributed by atoms with Crippen molar-refractivity contribution in [2.24, 2.45) is 10.2 Å². The van der Waals surface area contributed by atoms with Gasteiger partial charge >= 0.3 is 0 Å². The third kappa shape index (κ3) is 4.44. The number of nitrogens with one attached hydrogen (secondary N) is 1. The molecular formula is C19H17N3O5S. The number of methoxy groups -OCH3 is 2. The van der Waals surface area contributed by atoms with E-state index in [0.29, 0.717) is 32.7 Å². The molecule has 1 amide bonds. The van der Waals surface area contributed by atoms with E-state index in [-0.39, 0.29) is 17.4 Å².